The van der Waals surface area contributed by atoms with Crippen LogP contribution >= 0.6 is 24.8 Å². The van der Waals surface area contributed by atoms with Gasteiger partial charge in [-0.25, -0.2) is 0 Å². The number of rotatable bonds is 3. The van der Waals surface area contributed by atoms with E-state index in [1.165, 1.54) is 11.1 Å². The lowest BCUT2D eigenvalue weighted by atomic mass is 10.00. The molecule has 0 spiro atoms. The Morgan fingerprint density at radius 2 is 1.92 bits per heavy atom. The Bertz CT molecular complexity index is 674. The van der Waals surface area contributed by atoms with Crippen molar-refractivity contribution in [1.29, 1.82) is 0 Å². The first kappa shape index (κ1) is 21.4. The third-order valence-electron chi connectivity index (χ3n) is 4.44. The Morgan fingerprint density at radius 1 is 1.20 bits per heavy atom. The van der Waals surface area contributed by atoms with Crippen LogP contribution in [0, 0.1) is 6.92 Å². The summed E-state index contributed by atoms with van der Waals surface area (Å²) in [6, 6.07) is 12.4. The highest BCUT2D eigenvalue weighted by Crippen LogP contribution is 2.24. The van der Waals surface area contributed by atoms with Crippen LogP contribution in [0.2, 0.25) is 0 Å². The summed E-state index contributed by atoms with van der Waals surface area (Å²) in [6.07, 6.45) is 2.71. The smallest absolute Gasteiger partial charge is 0.256 e. The molecule has 0 radical (unpaired) electrons. The number of amides is 1. The highest BCUT2D eigenvalue weighted by atomic mass is 35.5. The fourth-order valence-electron chi connectivity index (χ4n) is 2.98. The van der Waals surface area contributed by atoms with Crippen molar-refractivity contribution in [3.8, 4) is 0 Å². The van der Waals surface area contributed by atoms with Crippen molar-refractivity contribution in [3.05, 3.63) is 65.0 Å². The first-order valence-electron chi connectivity index (χ1n) is 8.22. The minimum Gasteiger partial charge on any atom is -0.329 e. The van der Waals surface area contributed by atoms with E-state index in [1.807, 2.05) is 24.0 Å². The predicted molar refractivity (Wildman–Crippen MR) is 106 cm³/mol. The molecule has 1 fully saturated rings. The lowest BCUT2D eigenvalue weighted by Gasteiger charge is -2.36. The van der Waals surface area contributed by atoms with Gasteiger partial charge in [-0.15, -0.1) is 24.8 Å². The molecule has 25 heavy (non-hydrogen) atoms. The summed E-state index contributed by atoms with van der Waals surface area (Å²) in [4.78, 5) is 19.1. The molecular weight excluding hydrogens is 357 g/mol. The average molecular weight is 382 g/mol. The Balaban J connectivity index is 0.00000156. The van der Waals surface area contributed by atoms with E-state index >= 15 is 0 Å². The van der Waals surface area contributed by atoms with E-state index in [-0.39, 0.29) is 36.8 Å². The van der Waals surface area contributed by atoms with Crippen LogP contribution in [0.15, 0.2) is 42.6 Å². The predicted octanol–water partition coefficient (Wildman–Crippen LogP) is 3.58. The van der Waals surface area contributed by atoms with Gasteiger partial charge in [-0.2, -0.15) is 0 Å². The second-order valence-electron chi connectivity index (χ2n) is 6.00. The van der Waals surface area contributed by atoms with E-state index in [1.54, 1.807) is 6.20 Å². The Hall–Kier alpha value is -1.62. The summed E-state index contributed by atoms with van der Waals surface area (Å²) >= 11 is 0. The van der Waals surface area contributed by atoms with Gasteiger partial charge in [-0.3, -0.25) is 9.78 Å². The number of benzene rings is 1. The fourth-order valence-corrected chi connectivity index (χ4v) is 2.98. The zero-order valence-electron chi connectivity index (χ0n) is 14.6. The van der Waals surface area contributed by atoms with Crippen molar-refractivity contribution in [2.75, 3.05) is 19.6 Å². The van der Waals surface area contributed by atoms with Crippen LogP contribution in [0.25, 0.3) is 0 Å². The summed E-state index contributed by atoms with van der Waals surface area (Å²) < 4.78 is 0. The molecule has 1 aromatic carbocycles. The van der Waals surface area contributed by atoms with Crippen LogP contribution in [0.5, 0.6) is 0 Å². The molecule has 2 heterocycles. The van der Waals surface area contributed by atoms with Gasteiger partial charge in [-0.05, 0) is 36.6 Å². The largest absolute Gasteiger partial charge is 0.329 e. The molecule has 1 saturated heterocycles. The maximum Gasteiger partial charge on any atom is 0.256 e. The molecule has 2 aromatic rings. The second-order valence-corrected chi connectivity index (χ2v) is 6.00. The lowest BCUT2D eigenvalue weighted by Crippen LogP contribution is -2.48. The zero-order chi connectivity index (χ0) is 16.2. The standard InChI is InChI=1S/C19H23N3O.2ClH/c1-3-15-5-8-16(9-6-15)18-13-20-10-11-22(18)19(23)17-7-4-14(2)21-12-17;;/h4-9,12,18,20H,3,10-11,13H2,1-2H3;2*1H. The second kappa shape index (κ2) is 9.76. The van der Waals surface area contributed by atoms with Crippen LogP contribution in [-0.4, -0.2) is 35.4 Å². The number of pyridine rings is 1. The minimum absolute atomic E-state index is 0. The molecule has 0 bridgehead atoms. The van der Waals surface area contributed by atoms with Crippen molar-refractivity contribution < 1.29 is 4.79 Å². The molecule has 4 nitrogen and oxygen atoms in total. The number of nitrogens with zero attached hydrogens (tertiary/aromatic N) is 2. The first-order chi connectivity index (χ1) is 11.2. The highest BCUT2D eigenvalue weighted by molar-refractivity contribution is 5.94. The molecule has 1 aliphatic heterocycles. The summed E-state index contributed by atoms with van der Waals surface area (Å²) in [5.74, 6) is 0.0589. The van der Waals surface area contributed by atoms with E-state index in [4.69, 9.17) is 0 Å². The van der Waals surface area contributed by atoms with Crippen molar-refractivity contribution in [2.24, 2.45) is 0 Å². The number of carbonyl (C=O) groups excluding carboxylic acids is 1. The van der Waals surface area contributed by atoms with Gasteiger partial charge in [0.15, 0.2) is 0 Å². The van der Waals surface area contributed by atoms with Gasteiger partial charge in [0.2, 0.25) is 0 Å². The van der Waals surface area contributed by atoms with E-state index in [0.29, 0.717) is 12.1 Å². The van der Waals surface area contributed by atoms with Crippen molar-refractivity contribution in [2.45, 2.75) is 26.3 Å². The number of nitrogens with one attached hydrogen (secondary N) is 1. The average Bonchev–Trinajstić information content (AvgIpc) is 2.62. The van der Waals surface area contributed by atoms with Gasteiger partial charge >= 0.3 is 0 Å². The van der Waals surface area contributed by atoms with E-state index in [0.717, 1.165) is 25.2 Å². The van der Waals surface area contributed by atoms with Crippen LogP contribution in [0.3, 0.4) is 0 Å². The third-order valence-corrected chi connectivity index (χ3v) is 4.44. The van der Waals surface area contributed by atoms with E-state index in [9.17, 15) is 4.79 Å². The normalized spacial score (nSPS) is 16.6. The van der Waals surface area contributed by atoms with Crippen molar-refractivity contribution in [3.63, 3.8) is 0 Å². The number of hydrogen-bond acceptors (Lipinski definition) is 3. The first-order valence-corrected chi connectivity index (χ1v) is 8.22. The molecule has 1 amide bonds. The molecule has 136 valence electrons. The molecule has 1 aliphatic rings. The third kappa shape index (κ3) is 4.94. The Labute approximate surface area is 161 Å². The molecular formula is C19H25Cl2N3O. The SMILES string of the molecule is CCc1ccc(C2CNCCN2C(=O)c2ccc(C)nc2)cc1.Cl.Cl. The molecule has 0 aliphatic carbocycles. The lowest BCUT2D eigenvalue weighted by molar-refractivity contribution is 0.0634. The van der Waals surface area contributed by atoms with Gasteiger partial charge < -0.3 is 10.2 Å². The molecule has 1 atom stereocenters. The van der Waals surface area contributed by atoms with E-state index < -0.39 is 0 Å². The molecule has 1 N–H and O–H groups in total. The van der Waals surface area contributed by atoms with Crippen LogP contribution < -0.4 is 5.32 Å². The quantitative estimate of drug-likeness (QED) is 0.883. The van der Waals surface area contributed by atoms with Crippen molar-refractivity contribution >= 4 is 30.7 Å². The molecule has 1 unspecified atom stereocenters. The highest BCUT2D eigenvalue weighted by Gasteiger charge is 2.28. The van der Waals surface area contributed by atoms with E-state index in [2.05, 4.69) is 41.5 Å². The number of halogens is 2. The van der Waals surface area contributed by atoms with Crippen molar-refractivity contribution in [1.82, 2.24) is 15.2 Å². The topological polar surface area (TPSA) is 45.2 Å². The number of aromatic nitrogens is 1. The monoisotopic (exact) mass is 381 g/mol. The van der Waals surface area contributed by atoms with Gasteiger partial charge in [0.05, 0.1) is 11.6 Å². The fraction of sp³-hybridized carbons (Fsp3) is 0.368. The molecule has 0 saturated carbocycles. The number of carbonyl (C=O) groups is 1. The van der Waals surface area contributed by atoms with Gasteiger partial charge in [0, 0.05) is 31.5 Å². The molecule has 3 rings (SSSR count). The van der Waals surface area contributed by atoms with Crippen LogP contribution in [-0.2, 0) is 6.42 Å². The summed E-state index contributed by atoms with van der Waals surface area (Å²) in [5.41, 5.74) is 4.09. The maximum absolute atomic E-state index is 12.9. The number of aryl methyl sites for hydroxylation is 2. The number of piperazine rings is 1. The summed E-state index contributed by atoms with van der Waals surface area (Å²) in [5, 5.41) is 3.40. The van der Waals surface area contributed by atoms with Gasteiger partial charge in [0.25, 0.3) is 5.91 Å². The van der Waals surface area contributed by atoms with Crippen LogP contribution in [0.4, 0.5) is 0 Å². The Morgan fingerprint density at radius 3 is 2.52 bits per heavy atom. The minimum atomic E-state index is 0. The van der Waals surface area contributed by atoms with Gasteiger partial charge in [0.1, 0.15) is 0 Å². The van der Waals surface area contributed by atoms with Crippen LogP contribution in [0.1, 0.15) is 40.1 Å². The summed E-state index contributed by atoms with van der Waals surface area (Å²) in [7, 11) is 0. The molecule has 6 heteroatoms. The number of hydrogen-bond donors (Lipinski definition) is 1. The Kier molecular flexibility index (Phi) is 8.36. The zero-order valence-corrected chi connectivity index (χ0v) is 16.2. The maximum atomic E-state index is 12.9. The summed E-state index contributed by atoms with van der Waals surface area (Å²) in [6.45, 7) is 6.41. The van der Waals surface area contributed by atoms with Gasteiger partial charge in [-0.1, -0.05) is 31.2 Å². The molecule has 1 aromatic heterocycles.